The molecule has 5 aromatic rings. The summed E-state index contributed by atoms with van der Waals surface area (Å²) in [6, 6.07) is 19.4. The van der Waals surface area contributed by atoms with Gasteiger partial charge < -0.3 is 20.8 Å². The van der Waals surface area contributed by atoms with Crippen LogP contribution in [-0.2, 0) is 17.9 Å². The second-order valence-corrected chi connectivity index (χ2v) is 11.9. The highest BCUT2D eigenvalue weighted by atomic mass is 19.2. The van der Waals surface area contributed by atoms with Crippen molar-refractivity contribution in [1.29, 1.82) is 0 Å². The van der Waals surface area contributed by atoms with Gasteiger partial charge in [-0.05, 0) is 90.4 Å². The first kappa shape index (κ1) is 32.6. The highest BCUT2D eigenvalue weighted by Gasteiger charge is 2.43. The Morgan fingerprint density at radius 1 is 0.958 bits per heavy atom. The van der Waals surface area contributed by atoms with Gasteiger partial charge in [0.2, 0.25) is 0 Å². The second-order valence-electron chi connectivity index (χ2n) is 11.9. The van der Waals surface area contributed by atoms with Crippen LogP contribution in [-0.4, -0.2) is 55.7 Å². The Kier molecular flexibility index (Phi) is 9.67. The topological polar surface area (TPSA) is 153 Å². The van der Waals surface area contributed by atoms with E-state index in [1.54, 1.807) is 30.6 Å². The number of carbonyl (C=O) groups excluding carboxylic acids is 1. The van der Waals surface area contributed by atoms with Crippen molar-refractivity contribution in [3.63, 3.8) is 0 Å². The maximum Gasteiger partial charge on any atom is 0.323 e. The van der Waals surface area contributed by atoms with Gasteiger partial charge in [0.05, 0.1) is 12.3 Å². The average molecular weight is 650 g/mol. The number of anilines is 3. The average Bonchev–Trinajstić information content (AvgIpc) is 3.08. The number of aliphatic carboxylic acids is 1. The number of benzene rings is 2. The van der Waals surface area contributed by atoms with E-state index in [1.165, 1.54) is 18.3 Å². The minimum atomic E-state index is -0.920. The third-order valence-corrected chi connectivity index (χ3v) is 8.71. The number of nitrogens with one attached hydrogen (secondary N) is 3. The maximum absolute atomic E-state index is 15.5. The van der Waals surface area contributed by atoms with E-state index >= 15 is 4.48 Å². The number of aromatic nitrogens is 3. The molecule has 12 heteroatoms. The summed E-state index contributed by atoms with van der Waals surface area (Å²) in [6.07, 6.45) is 6.94. The third-order valence-electron chi connectivity index (χ3n) is 8.71. The minimum absolute atomic E-state index is 0.0559. The fourth-order valence-corrected chi connectivity index (χ4v) is 5.75. The fraction of sp³-hybridized carbons (Fsp3) is 0.250. The number of hydrogen-bond acceptors (Lipinski definition) is 9. The normalized spacial score (nSPS) is 13.6. The Morgan fingerprint density at radius 3 is 2.50 bits per heavy atom. The molecule has 1 aliphatic rings. The summed E-state index contributed by atoms with van der Waals surface area (Å²) in [5, 5.41) is 29.2. The predicted octanol–water partition coefficient (Wildman–Crippen LogP) is 5.45. The van der Waals surface area contributed by atoms with E-state index in [-0.39, 0.29) is 29.7 Å². The monoisotopic (exact) mass is 649 g/mol. The zero-order chi connectivity index (χ0) is 33.7. The van der Waals surface area contributed by atoms with Gasteiger partial charge in [0.25, 0.3) is 0 Å². The van der Waals surface area contributed by atoms with Crippen molar-refractivity contribution in [1.82, 2.24) is 25.6 Å². The standard InChI is InChI=1S/C36H36FN7O4/c1-23-29(7-3-8-30(23)43-33-32-27(11-14-39-33)17-25(21-41-32)19-38-15-16-45)26-5-2-6-28(18-26)44(37)34(46)31-10-9-24(20-40-31)22-42-36(35(47)48)12-4-13-36/h2-3,5-11,14,17-18,20-21,38,42,45H,4,12-13,15-16,19,22H2,1H3,(H,39,43)(H,47,48). The van der Waals surface area contributed by atoms with E-state index in [0.29, 0.717) is 48.4 Å². The van der Waals surface area contributed by atoms with Crippen LogP contribution in [0.1, 0.15) is 46.4 Å². The van der Waals surface area contributed by atoms with Crippen LogP contribution in [0.3, 0.4) is 0 Å². The zero-order valence-electron chi connectivity index (χ0n) is 26.4. The lowest BCUT2D eigenvalue weighted by Gasteiger charge is -2.38. The van der Waals surface area contributed by atoms with Gasteiger partial charge in [0, 0.05) is 49.3 Å². The molecule has 0 unspecified atom stereocenters. The number of rotatable bonds is 13. The van der Waals surface area contributed by atoms with E-state index in [0.717, 1.165) is 34.2 Å². The van der Waals surface area contributed by atoms with Gasteiger partial charge in [-0.25, -0.2) is 4.98 Å². The molecule has 0 radical (unpaired) electrons. The van der Waals surface area contributed by atoms with Crippen LogP contribution in [0.2, 0.25) is 0 Å². The zero-order valence-corrected chi connectivity index (χ0v) is 26.4. The molecule has 1 saturated carbocycles. The first-order chi connectivity index (χ1) is 23.3. The molecule has 0 bridgehead atoms. The summed E-state index contributed by atoms with van der Waals surface area (Å²) in [6.45, 7) is 3.39. The first-order valence-corrected chi connectivity index (χ1v) is 15.7. The van der Waals surface area contributed by atoms with Crippen LogP contribution in [0.5, 0.6) is 0 Å². The Bertz CT molecular complexity index is 1950. The number of carboxylic acids is 1. The van der Waals surface area contributed by atoms with Crippen molar-refractivity contribution in [2.24, 2.45) is 0 Å². The van der Waals surface area contributed by atoms with E-state index in [2.05, 4.69) is 30.9 Å². The molecule has 0 aliphatic heterocycles. The van der Waals surface area contributed by atoms with Crippen LogP contribution in [0.25, 0.3) is 22.0 Å². The predicted molar refractivity (Wildman–Crippen MR) is 181 cm³/mol. The Labute approximate surface area is 276 Å². The van der Waals surface area contributed by atoms with Crippen molar-refractivity contribution in [3.8, 4) is 11.1 Å². The Balaban J connectivity index is 1.16. The lowest BCUT2D eigenvalue weighted by molar-refractivity contribution is -0.148. The molecule has 0 spiro atoms. The number of carboxylic acid groups (broad SMARTS) is 1. The Hall–Kier alpha value is -5.30. The molecule has 1 fully saturated rings. The summed E-state index contributed by atoms with van der Waals surface area (Å²) in [5.41, 5.74) is 4.71. The number of carbonyl (C=O) groups is 2. The second kappa shape index (κ2) is 14.2. The molecular weight excluding hydrogens is 613 g/mol. The number of nitrogens with zero attached hydrogens (tertiary/aromatic N) is 4. The molecule has 2 aromatic carbocycles. The maximum atomic E-state index is 15.5. The van der Waals surface area contributed by atoms with Crippen LogP contribution in [0, 0.1) is 6.92 Å². The van der Waals surface area contributed by atoms with Crippen molar-refractivity contribution >= 4 is 40.0 Å². The quantitative estimate of drug-likeness (QED) is 0.0822. The van der Waals surface area contributed by atoms with Crippen molar-refractivity contribution in [2.75, 3.05) is 23.6 Å². The lowest BCUT2D eigenvalue weighted by Crippen LogP contribution is -2.56. The molecular formula is C36H36FN7O4. The highest BCUT2D eigenvalue weighted by Crippen LogP contribution is 2.34. The SMILES string of the molecule is Cc1c(Nc2nccc3cc(CNCCO)cnc23)cccc1-c1cccc(N(F)C(=O)c2ccc(CNC3(C(=O)O)CCC3)cn2)c1. The summed E-state index contributed by atoms with van der Waals surface area (Å²) in [7, 11) is 0. The number of aliphatic hydroxyl groups excluding tert-OH is 1. The van der Waals surface area contributed by atoms with Gasteiger partial charge in [-0.2, -0.15) is 0 Å². The van der Waals surface area contributed by atoms with Crippen molar-refractivity contribution in [2.45, 2.75) is 44.8 Å². The number of aliphatic hydroxyl groups is 1. The van der Waals surface area contributed by atoms with Gasteiger partial charge in [0.15, 0.2) is 5.82 Å². The smallest absolute Gasteiger partial charge is 0.323 e. The number of fused-ring (bicyclic) bond motifs is 1. The molecule has 0 saturated heterocycles. The molecule has 5 N–H and O–H groups in total. The van der Waals surface area contributed by atoms with E-state index in [4.69, 9.17) is 5.11 Å². The Morgan fingerprint density at radius 2 is 1.77 bits per heavy atom. The lowest BCUT2D eigenvalue weighted by atomic mass is 9.76. The summed E-state index contributed by atoms with van der Waals surface area (Å²) in [4.78, 5) is 38.0. The summed E-state index contributed by atoms with van der Waals surface area (Å²) < 4.78 is 15.5. The molecule has 6 rings (SSSR count). The van der Waals surface area contributed by atoms with E-state index in [1.807, 2.05) is 43.3 Å². The van der Waals surface area contributed by atoms with Crippen LogP contribution < -0.4 is 21.1 Å². The molecule has 48 heavy (non-hydrogen) atoms. The number of pyridine rings is 3. The van der Waals surface area contributed by atoms with Gasteiger partial charge in [-0.3, -0.25) is 24.9 Å². The molecule has 3 aromatic heterocycles. The number of hydrogen-bond donors (Lipinski definition) is 5. The molecule has 1 aliphatic carbocycles. The van der Waals surface area contributed by atoms with E-state index in [9.17, 15) is 14.7 Å². The van der Waals surface area contributed by atoms with Crippen LogP contribution in [0.4, 0.5) is 21.7 Å². The largest absolute Gasteiger partial charge is 0.480 e. The van der Waals surface area contributed by atoms with Crippen LogP contribution in [0.15, 0.2) is 85.3 Å². The summed E-state index contributed by atoms with van der Waals surface area (Å²) >= 11 is 0. The van der Waals surface area contributed by atoms with E-state index < -0.39 is 17.4 Å². The van der Waals surface area contributed by atoms with Gasteiger partial charge >= 0.3 is 11.9 Å². The minimum Gasteiger partial charge on any atom is -0.480 e. The number of amides is 1. The first-order valence-electron chi connectivity index (χ1n) is 15.7. The van der Waals surface area contributed by atoms with Gasteiger partial charge in [0.1, 0.15) is 16.7 Å². The molecule has 1 amide bonds. The summed E-state index contributed by atoms with van der Waals surface area (Å²) in [5.74, 6) is -1.20. The van der Waals surface area contributed by atoms with Crippen LogP contribution >= 0.6 is 0 Å². The van der Waals surface area contributed by atoms with Gasteiger partial charge in [-0.15, -0.1) is 5.12 Å². The van der Waals surface area contributed by atoms with Crippen molar-refractivity contribution in [3.05, 3.63) is 108 Å². The molecule has 11 nitrogen and oxygen atoms in total. The molecule has 0 atom stereocenters. The molecule has 246 valence electrons. The number of halogens is 1. The third kappa shape index (κ3) is 6.86. The highest BCUT2D eigenvalue weighted by molar-refractivity contribution is 6.03. The van der Waals surface area contributed by atoms with Crippen molar-refractivity contribution < 1.29 is 24.3 Å². The van der Waals surface area contributed by atoms with Gasteiger partial charge in [-0.1, -0.05) is 34.8 Å². The molecule has 3 heterocycles. The fourth-order valence-electron chi connectivity index (χ4n) is 5.75.